The van der Waals surface area contributed by atoms with E-state index in [1.807, 2.05) is 32.0 Å². The topological polar surface area (TPSA) is 61.1 Å². The van der Waals surface area contributed by atoms with E-state index in [1.165, 1.54) is 0 Å². The maximum absolute atomic E-state index is 10.7. The second kappa shape index (κ2) is 4.61. The lowest BCUT2D eigenvalue weighted by Crippen LogP contribution is -2.14. The maximum Gasteiger partial charge on any atom is 0.321 e. The number of nitrogens with zero attached hydrogens (tertiary/aromatic N) is 1. The number of hydrogen-bond donors (Lipinski definition) is 1. The number of carbonyl (C=O) groups is 1. The summed E-state index contributed by atoms with van der Waals surface area (Å²) < 4.78 is 0. The van der Waals surface area contributed by atoms with Crippen LogP contribution in [0.2, 0.25) is 0 Å². The molecule has 0 aromatic heterocycles. The van der Waals surface area contributed by atoms with Crippen LogP contribution < -0.4 is 0 Å². The van der Waals surface area contributed by atoms with Crippen LogP contribution in [0.4, 0.5) is 0 Å². The lowest BCUT2D eigenvalue weighted by molar-refractivity contribution is -0.139. The molecule has 3 nitrogen and oxygen atoms in total. The summed E-state index contributed by atoms with van der Waals surface area (Å²) in [6, 6.07) is 7.65. The third-order valence-electron chi connectivity index (χ3n) is 2.38. The van der Waals surface area contributed by atoms with E-state index in [2.05, 4.69) is 0 Å². The van der Waals surface area contributed by atoms with Gasteiger partial charge < -0.3 is 5.11 Å². The third kappa shape index (κ3) is 2.81. The van der Waals surface area contributed by atoms with Crippen molar-refractivity contribution in [3.8, 4) is 6.07 Å². The number of benzene rings is 1. The van der Waals surface area contributed by atoms with Crippen molar-refractivity contribution in [2.45, 2.75) is 20.3 Å². The molecule has 1 atom stereocenters. The minimum atomic E-state index is -1.06. The standard InChI is InChI=1S/C12H13NO2/c1-8-3-4-9(2)10(5-8)6-11(7-13)12(14)15/h3-5,11H,6H2,1-2H3,(H,14,15). The molecule has 3 heteroatoms. The first-order valence-electron chi connectivity index (χ1n) is 4.73. The Morgan fingerprint density at radius 2 is 2.20 bits per heavy atom. The highest BCUT2D eigenvalue weighted by Gasteiger charge is 2.17. The minimum absolute atomic E-state index is 0.277. The van der Waals surface area contributed by atoms with Crippen molar-refractivity contribution in [1.82, 2.24) is 0 Å². The molecule has 1 aromatic rings. The highest BCUT2D eigenvalue weighted by molar-refractivity contribution is 5.73. The van der Waals surface area contributed by atoms with Crippen molar-refractivity contribution < 1.29 is 9.90 Å². The largest absolute Gasteiger partial charge is 0.480 e. The summed E-state index contributed by atoms with van der Waals surface area (Å²) in [7, 11) is 0. The van der Waals surface area contributed by atoms with Crippen LogP contribution in [0.3, 0.4) is 0 Å². The molecular weight excluding hydrogens is 190 g/mol. The van der Waals surface area contributed by atoms with Crippen molar-refractivity contribution in [2.75, 3.05) is 0 Å². The molecule has 0 heterocycles. The van der Waals surface area contributed by atoms with Crippen molar-refractivity contribution in [3.63, 3.8) is 0 Å². The van der Waals surface area contributed by atoms with Gasteiger partial charge in [0.15, 0.2) is 0 Å². The fourth-order valence-electron chi connectivity index (χ4n) is 1.43. The lowest BCUT2D eigenvalue weighted by Gasteiger charge is -2.08. The van der Waals surface area contributed by atoms with Gasteiger partial charge in [-0.2, -0.15) is 5.26 Å². The van der Waals surface area contributed by atoms with E-state index in [-0.39, 0.29) is 6.42 Å². The summed E-state index contributed by atoms with van der Waals surface area (Å²) >= 11 is 0. The van der Waals surface area contributed by atoms with E-state index in [9.17, 15) is 4.79 Å². The smallest absolute Gasteiger partial charge is 0.321 e. The van der Waals surface area contributed by atoms with Gasteiger partial charge in [-0.3, -0.25) is 4.79 Å². The molecular formula is C12H13NO2. The van der Waals surface area contributed by atoms with Gasteiger partial charge in [-0.25, -0.2) is 0 Å². The average Bonchev–Trinajstić information content (AvgIpc) is 2.18. The SMILES string of the molecule is Cc1ccc(C)c(CC(C#N)C(=O)O)c1. The summed E-state index contributed by atoms with van der Waals surface area (Å²) in [6.07, 6.45) is 0.277. The van der Waals surface area contributed by atoms with E-state index in [4.69, 9.17) is 10.4 Å². The van der Waals surface area contributed by atoms with Gasteiger partial charge in [0.25, 0.3) is 0 Å². The van der Waals surface area contributed by atoms with E-state index in [1.54, 1.807) is 6.07 Å². The Hall–Kier alpha value is -1.82. The fraction of sp³-hybridized carbons (Fsp3) is 0.333. The van der Waals surface area contributed by atoms with Crippen LogP contribution in [0.5, 0.6) is 0 Å². The van der Waals surface area contributed by atoms with Crippen molar-refractivity contribution in [1.29, 1.82) is 5.26 Å². The van der Waals surface area contributed by atoms with Gasteiger partial charge in [-0.15, -0.1) is 0 Å². The molecule has 0 aliphatic carbocycles. The first kappa shape index (κ1) is 11.3. The van der Waals surface area contributed by atoms with Gasteiger partial charge in [-0.1, -0.05) is 23.8 Å². The van der Waals surface area contributed by atoms with E-state index >= 15 is 0 Å². The molecule has 78 valence electrons. The predicted molar refractivity (Wildman–Crippen MR) is 56.4 cm³/mol. The Kier molecular flexibility index (Phi) is 3.46. The number of hydrogen-bond acceptors (Lipinski definition) is 2. The fourth-order valence-corrected chi connectivity index (χ4v) is 1.43. The summed E-state index contributed by atoms with van der Waals surface area (Å²) in [6.45, 7) is 3.87. The highest BCUT2D eigenvalue weighted by Crippen LogP contribution is 2.15. The molecule has 0 saturated heterocycles. The Labute approximate surface area is 89.0 Å². The summed E-state index contributed by atoms with van der Waals surface area (Å²) in [5, 5.41) is 17.5. The van der Waals surface area contributed by atoms with Crippen LogP contribution in [0.15, 0.2) is 18.2 Å². The molecule has 0 radical (unpaired) electrons. The molecule has 1 unspecified atom stereocenters. The van der Waals surface area contributed by atoms with Gasteiger partial charge in [0.1, 0.15) is 5.92 Å². The molecule has 1 rings (SSSR count). The third-order valence-corrected chi connectivity index (χ3v) is 2.38. The molecule has 1 N–H and O–H groups in total. The maximum atomic E-state index is 10.7. The van der Waals surface area contributed by atoms with E-state index < -0.39 is 11.9 Å². The van der Waals surface area contributed by atoms with E-state index in [0.717, 1.165) is 16.7 Å². The van der Waals surface area contributed by atoms with Crippen LogP contribution in [0, 0.1) is 31.1 Å². The molecule has 0 bridgehead atoms. The summed E-state index contributed by atoms with van der Waals surface area (Å²) in [5.41, 5.74) is 3.05. The van der Waals surface area contributed by atoms with Crippen LogP contribution in [-0.4, -0.2) is 11.1 Å². The molecule has 1 aromatic carbocycles. The summed E-state index contributed by atoms with van der Waals surface area (Å²) in [4.78, 5) is 10.7. The van der Waals surface area contributed by atoms with Crippen molar-refractivity contribution >= 4 is 5.97 Å². The molecule has 0 amide bonds. The zero-order chi connectivity index (χ0) is 11.4. The lowest BCUT2D eigenvalue weighted by atomic mass is 9.96. The Morgan fingerprint density at radius 1 is 1.53 bits per heavy atom. The van der Waals surface area contributed by atoms with Crippen LogP contribution in [-0.2, 0) is 11.2 Å². The van der Waals surface area contributed by atoms with Crippen molar-refractivity contribution in [2.24, 2.45) is 5.92 Å². The Morgan fingerprint density at radius 3 is 2.73 bits per heavy atom. The van der Waals surface area contributed by atoms with Crippen LogP contribution in [0.1, 0.15) is 16.7 Å². The van der Waals surface area contributed by atoms with Crippen LogP contribution in [0.25, 0.3) is 0 Å². The van der Waals surface area contributed by atoms with Gasteiger partial charge >= 0.3 is 5.97 Å². The number of aliphatic carboxylic acids is 1. The second-order valence-electron chi connectivity index (χ2n) is 3.65. The normalized spacial score (nSPS) is 11.8. The zero-order valence-corrected chi connectivity index (χ0v) is 8.82. The number of aryl methyl sites for hydroxylation is 2. The van der Waals surface area contributed by atoms with Gasteiger partial charge in [0.2, 0.25) is 0 Å². The van der Waals surface area contributed by atoms with Crippen molar-refractivity contribution in [3.05, 3.63) is 34.9 Å². The zero-order valence-electron chi connectivity index (χ0n) is 8.82. The van der Waals surface area contributed by atoms with Crippen LogP contribution >= 0.6 is 0 Å². The number of carboxylic acids is 1. The average molecular weight is 203 g/mol. The van der Waals surface area contributed by atoms with Gasteiger partial charge in [0, 0.05) is 0 Å². The first-order chi connectivity index (χ1) is 7.04. The highest BCUT2D eigenvalue weighted by atomic mass is 16.4. The first-order valence-corrected chi connectivity index (χ1v) is 4.73. The number of nitriles is 1. The Bertz CT molecular complexity index is 418. The number of carboxylic acid groups (broad SMARTS) is 1. The van der Waals surface area contributed by atoms with Gasteiger partial charge in [0.05, 0.1) is 6.07 Å². The van der Waals surface area contributed by atoms with E-state index in [0.29, 0.717) is 0 Å². The number of rotatable bonds is 3. The summed E-state index contributed by atoms with van der Waals surface area (Å²) in [5.74, 6) is -2.01. The second-order valence-corrected chi connectivity index (χ2v) is 3.65. The quantitative estimate of drug-likeness (QED) is 0.818. The Balaban J connectivity index is 2.93. The predicted octanol–water partition coefficient (Wildman–Crippen LogP) is 2.07. The monoisotopic (exact) mass is 203 g/mol. The molecule has 0 saturated carbocycles. The minimum Gasteiger partial charge on any atom is -0.480 e. The molecule has 0 aliphatic heterocycles. The molecule has 0 fully saturated rings. The molecule has 15 heavy (non-hydrogen) atoms. The molecule has 0 aliphatic rings. The molecule has 0 spiro atoms. The van der Waals surface area contributed by atoms with Gasteiger partial charge in [-0.05, 0) is 31.4 Å².